The van der Waals surface area contributed by atoms with Gasteiger partial charge in [0.2, 0.25) is 0 Å². The molecule has 0 aliphatic rings. The highest BCUT2D eigenvalue weighted by molar-refractivity contribution is 7.92. The van der Waals surface area contributed by atoms with Crippen LogP contribution in [-0.2, 0) is 19.6 Å². The van der Waals surface area contributed by atoms with E-state index in [0.29, 0.717) is 5.02 Å². The van der Waals surface area contributed by atoms with Gasteiger partial charge in [-0.1, -0.05) is 23.7 Å². The van der Waals surface area contributed by atoms with Gasteiger partial charge in [0.1, 0.15) is 0 Å². The molecular formula is C16H15ClN2O5S. The zero-order valence-electron chi connectivity index (χ0n) is 13.1. The zero-order chi connectivity index (χ0) is 18.6. The molecule has 0 unspecified atom stereocenters. The number of primary amides is 1. The van der Waals surface area contributed by atoms with Crippen molar-refractivity contribution in [2.75, 3.05) is 4.72 Å². The van der Waals surface area contributed by atoms with Gasteiger partial charge >= 0.3 is 5.97 Å². The minimum Gasteiger partial charge on any atom is -0.449 e. The van der Waals surface area contributed by atoms with Gasteiger partial charge < -0.3 is 10.5 Å². The third-order valence-corrected chi connectivity index (χ3v) is 4.76. The Hall–Kier alpha value is -2.58. The highest BCUT2D eigenvalue weighted by Crippen LogP contribution is 2.20. The van der Waals surface area contributed by atoms with E-state index >= 15 is 0 Å². The number of rotatable bonds is 6. The van der Waals surface area contributed by atoms with Crippen LogP contribution in [0.2, 0.25) is 5.02 Å². The van der Waals surface area contributed by atoms with Crippen molar-refractivity contribution in [3.05, 3.63) is 59.1 Å². The van der Waals surface area contributed by atoms with Gasteiger partial charge in [-0.15, -0.1) is 0 Å². The van der Waals surface area contributed by atoms with Crippen LogP contribution in [0.3, 0.4) is 0 Å². The highest BCUT2D eigenvalue weighted by Gasteiger charge is 2.20. The number of benzene rings is 2. The summed E-state index contributed by atoms with van der Waals surface area (Å²) in [6.07, 6.45) is -1.13. The number of carbonyl (C=O) groups is 2. The molecule has 3 N–H and O–H groups in total. The van der Waals surface area contributed by atoms with Crippen molar-refractivity contribution in [2.45, 2.75) is 17.9 Å². The predicted octanol–water partition coefficient (Wildman–Crippen LogP) is 2.17. The second-order valence-corrected chi connectivity index (χ2v) is 7.21. The number of sulfonamides is 1. The van der Waals surface area contributed by atoms with Crippen molar-refractivity contribution < 1.29 is 22.7 Å². The molecule has 1 atom stereocenters. The van der Waals surface area contributed by atoms with Gasteiger partial charge in [0.05, 0.1) is 16.1 Å². The maximum atomic E-state index is 12.4. The fourth-order valence-electron chi connectivity index (χ4n) is 1.84. The molecule has 0 aliphatic heterocycles. The van der Waals surface area contributed by atoms with Crippen molar-refractivity contribution in [1.82, 2.24) is 0 Å². The van der Waals surface area contributed by atoms with Crippen LogP contribution >= 0.6 is 11.6 Å². The number of hydrogen-bond acceptors (Lipinski definition) is 5. The Bertz CT molecular complexity index is 914. The smallest absolute Gasteiger partial charge is 0.338 e. The van der Waals surface area contributed by atoms with Crippen LogP contribution in [0.4, 0.5) is 5.69 Å². The van der Waals surface area contributed by atoms with Gasteiger partial charge in [-0.2, -0.15) is 0 Å². The number of halogens is 1. The first-order valence-electron chi connectivity index (χ1n) is 7.08. The van der Waals surface area contributed by atoms with Gasteiger partial charge in [0.25, 0.3) is 15.9 Å². The molecule has 2 aromatic rings. The maximum absolute atomic E-state index is 12.4. The standard InChI is InChI=1S/C16H15ClN2O5S/c1-10(15(18)20)24-16(21)11-4-2-7-14(8-11)25(22,23)19-13-6-3-5-12(17)9-13/h2-10,19H,1H3,(H2,18,20)/t10-/m0/s1. The number of nitrogens with two attached hydrogens (primary N) is 1. The molecule has 0 heterocycles. The first kappa shape index (κ1) is 18.8. The van der Waals surface area contributed by atoms with E-state index in [1.54, 1.807) is 12.1 Å². The Balaban J connectivity index is 2.25. The van der Waals surface area contributed by atoms with E-state index in [2.05, 4.69) is 4.72 Å². The number of carbonyl (C=O) groups excluding carboxylic acids is 2. The lowest BCUT2D eigenvalue weighted by molar-refractivity contribution is -0.125. The molecule has 2 aromatic carbocycles. The number of anilines is 1. The lowest BCUT2D eigenvalue weighted by atomic mass is 10.2. The molecule has 9 heteroatoms. The van der Waals surface area contributed by atoms with E-state index in [-0.39, 0.29) is 16.1 Å². The summed E-state index contributed by atoms with van der Waals surface area (Å²) in [5.74, 6) is -1.66. The van der Waals surface area contributed by atoms with Crippen LogP contribution in [-0.4, -0.2) is 26.4 Å². The average molecular weight is 383 g/mol. The molecular weight excluding hydrogens is 368 g/mol. The Kier molecular flexibility index (Phi) is 5.66. The lowest BCUT2D eigenvalue weighted by Crippen LogP contribution is -2.30. The topological polar surface area (TPSA) is 116 Å². The average Bonchev–Trinajstić information content (AvgIpc) is 2.54. The second-order valence-electron chi connectivity index (χ2n) is 5.09. The van der Waals surface area contributed by atoms with Crippen molar-refractivity contribution in [3.63, 3.8) is 0 Å². The molecule has 0 spiro atoms. The third-order valence-electron chi connectivity index (χ3n) is 3.14. The van der Waals surface area contributed by atoms with Crippen molar-refractivity contribution in [1.29, 1.82) is 0 Å². The monoisotopic (exact) mass is 382 g/mol. The summed E-state index contributed by atoms with van der Waals surface area (Å²) < 4.78 is 32.1. The summed E-state index contributed by atoms with van der Waals surface area (Å²) in [7, 11) is -3.94. The molecule has 0 bridgehead atoms. The first-order valence-corrected chi connectivity index (χ1v) is 8.94. The Morgan fingerprint density at radius 2 is 1.84 bits per heavy atom. The van der Waals surface area contributed by atoms with E-state index < -0.39 is 28.0 Å². The van der Waals surface area contributed by atoms with E-state index in [9.17, 15) is 18.0 Å². The highest BCUT2D eigenvalue weighted by atomic mass is 35.5. The van der Waals surface area contributed by atoms with Crippen molar-refractivity contribution >= 4 is 39.2 Å². The van der Waals surface area contributed by atoms with Crippen LogP contribution < -0.4 is 10.5 Å². The molecule has 2 rings (SSSR count). The molecule has 0 aliphatic carbocycles. The molecule has 132 valence electrons. The van der Waals surface area contributed by atoms with Crippen LogP contribution in [0.1, 0.15) is 17.3 Å². The van der Waals surface area contributed by atoms with Crippen molar-refractivity contribution in [2.24, 2.45) is 5.73 Å². The summed E-state index contributed by atoms with van der Waals surface area (Å²) in [4.78, 5) is 22.8. The minimum absolute atomic E-state index is 0.0259. The number of hydrogen-bond donors (Lipinski definition) is 2. The van der Waals surface area contributed by atoms with E-state index in [4.69, 9.17) is 22.1 Å². The van der Waals surface area contributed by atoms with E-state index in [1.165, 1.54) is 37.3 Å². The largest absolute Gasteiger partial charge is 0.449 e. The van der Waals surface area contributed by atoms with Crippen LogP contribution in [0, 0.1) is 0 Å². The zero-order valence-corrected chi connectivity index (χ0v) is 14.7. The van der Waals surface area contributed by atoms with Gasteiger partial charge in [0.15, 0.2) is 6.10 Å². The van der Waals surface area contributed by atoms with Crippen molar-refractivity contribution in [3.8, 4) is 0 Å². The molecule has 0 fully saturated rings. The number of amides is 1. The number of ether oxygens (including phenoxy) is 1. The van der Waals surface area contributed by atoms with Gasteiger partial charge in [-0.3, -0.25) is 9.52 Å². The quantitative estimate of drug-likeness (QED) is 0.743. The molecule has 1 amide bonds. The van der Waals surface area contributed by atoms with E-state index in [1.807, 2.05) is 0 Å². The third kappa shape index (κ3) is 4.94. The summed E-state index contributed by atoms with van der Waals surface area (Å²) in [6.45, 7) is 1.32. The molecule has 25 heavy (non-hydrogen) atoms. The lowest BCUT2D eigenvalue weighted by Gasteiger charge is -2.11. The molecule has 0 aromatic heterocycles. The fraction of sp³-hybridized carbons (Fsp3) is 0.125. The summed E-state index contributed by atoms with van der Waals surface area (Å²) >= 11 is 5.83. The number of esters is 1. The number of nitrogens with one attached hydrogen (secondary N) is 1. The van der Waals surface area contributed by atoms with Gasteiger partial charge in [0, 0.05) is 5.02 Å². The minimum atomic E-state index is -3.94. The Morgan fingerprint density at radius 3 is 2.48 bits per heavy atom. The fourth-order valence-corrected chi connectivity index (χ4v) is 3.13. The summed E-state index contributed by atoms with van der Waals surface area (Å²) in [5, 5.41) is 0.373. The molecule has 0 radical (unpaired) electrons. The Morgan fingerprint density at radius 1 is 1.16 bits per heavy atom. The van der Waals surface area contributed by atoms with Crippen LogP contribution in [0.5, 0.6) is 0 Å². The normalized spacial score (nSPS) is 12.2. The molecule has 0 saturated carbocycles. The second kappa shape index (κ2) is 7.54. The van der Waals surface area contributed by atoms with Gasteiger partial charge in [-0.05, 0) is 43.3 Å². The summed E-state index contributed by atoms with van der Waals surface area (Å²) in [6, 6.07) is 11.4. The van der Waals surface area contributed by atoms with Crippen LogP contribution in [0.25, 0.3) is 0 Å². The summed E-state index contributed by atoms with van der Waals surface area (Å²) in [5.41, 5.74) is 5.28. The molecule has 0 saturated heterocycles. The van der Waals surface area contributed by atoms with Crippen LogP contribution in [0.15, 0.2) is 53.4 Å². The van der Waals surface area contributed by atoms with E-state index in [0.717, 1.165) is 6.07 Å². The predicted molar refractivity (Wildman–Crippen MR) is 92.8 cm³/mol. The molecule has 7 nitrogen and oxygen atoms in total. The van der Waals surface area contributed by atoms with Gasteiger partial charge in [-0.25, -0.2) is 13.2 Å². The maximum Gasteiger partial charge on any atom is 0.338 e. The Labute approximate surface area is 149 Å². The SMILES string of the molecule is C[C@H](OC(=O)c1cccc(S(=O)(=O)Nc2cccc(Cl)c2)c1)C(N)=O. The first-order chi connectivity index (χ1) is 11.7.